The molecule has 5 nitrogen and oxygen atoms in total. The molecule has 0 radical (unpaired) electrons. The summed E-state index contributed by atoms with van der Waals surface area (Å²) in [7, 11) is 0. The van der Waals surface area contributed by atoms with E-state index in [2.05, 4.69) is 10.1 Å². The van der Waals surface area contributed by atoms with E-state index < -0.39 is 0 Å². The van der Waals surface area contributed by atoms with Gasteiger partial charge < -0.3 is 5.73 Å². The Bertz CT molecular complexity index is 577. The van der Waals surface area contributed by atoms with Crippen molar-refractivity contribution in [2.24, 2.45) is 0 Å². The van der Waals surface area contributed by atoms with Gasteiger partial charge in [0.2, 0.25) is 0 Å². The van der Waals surface area contributed by atoms with E-state index in [1.165, 1.54) is 0 Å². The normalized spacial score (nSPS) is 10.1. The molecule has 0 bridgehead atoms. The van der Waals surface area contributed by atoms with Crippen molar-refractivity contribution in [1.82, 2.24) is 14.8 Å². The van der Waals surface area contributed by atoms with Gasteiger partial charge in [0.25, 0.3) is 0 Å². The molecule has 0 atom stereocenters. The van der Waals surface area contributed by atoms with E-state index in [4.69, 9.17) is 11.0 Å². The van der Waals surface area contributed by atoms with Gasteiger partial charge in [0.1, 0.15) is 11.6 Å². The highest BCUT2D eigenvalue weighted by Crippen LogP contribution is 2.19. The highest BCUT2D eigenvalue weighted by molar-refractivity contribution is 5.60. The first-order valence-electron chi connectivity index (χ1n) is 4.82. The second-order valence-electron chi connectivity index (χ2n) is 3.50. The Morgan fingerprint density at radius 3 is 2.62 bits per heavy atom. The molecule has 2 rings (SSSR count). The number of benzene rings is 1. The summed E-state index contributed by atoms with van der Waals surface area (Å²) in [5.74, 6) is 1.47. The first kappa shape index (κ1) is 10.2. The maximum Gasteiger partial charge on any atom is 0.148 e. The van der Waals surface area contributed by atoms with Crippen LogP contribution in [0.4, 0.5) is 5.69 Å². The minimum atomic E-state index is 0.520. The third kappa shape index (κ3) is 1.61. The number of nitriles is 1. The van der Waals surface area contributed by atoms with Crippen LogP contribution in [-0.4, -0.2) is 14.8 Å². The van der Waals surface area contributed by atoms with Crippen LogP contribution in [0.1, 0.15) is 17.2 Å². The lowest BCUT2D eigenvalue weighted by molar-refractivity contribution is 0.833. The van der Waals surface area contributed by atoms with Gasteiger partial charge in [-0.15, -0.1) is 0 Å². The molecule has 0 saturated carbocycles. The lowest BCUT2D eigenvalue weighted by Gasteiger charge is -2.06. The predicted molar refractivity (Wildman–Crippen MR) is 60.0 cm³/mol. The van der Waals surface area contributed by atoms with E-state index in [-0.39, 0.29) is 0 Å². The summed E-state index contributed by atoms with van der Waals surface area (Å²) in [5.41, 5.74) is 7.67. The third-order valence-electron chi connectivity index (χ3n) is 2.26. The summed E-state index contributed by atoms with van der Waals surface area (Å²) in [6, 6.07) is 7.16. The van der Waals surface area contributed by atoms with Crippen molar-refractivity contribution in [1.29, 1.82) is 5.26 Å². The number of anilines is 1. The van der Waals surface area contributed by atoms with Gasteiger partial charge in [-0.25, -0.2) is 9.67 Å². The van der Waals surface area contributed by atoms with E-state index in [0.717, 1.165) is 11.5 Å². The van der Waals surface area contributed by atoms with Gasteiger partial charge in [0.05, 0.1) is 23.0 Å². The van der Waals surface area contributed by atoms with Crippen molar-refractivity contribution >= 4 is 5.69 Å². The first-order valence-corrected chi connectivity index (χ1v) is 4.82. The molecule has 0 saturated heterocycles. The molecule has 1 aromatic carbocycles. The number of rotatable bonds is 1. The predicted octanol–water partition coefficient (Wildman–Crippen LogP) is 1.34. The molecule has 0 unspecified atom stereocenters. The number of hydrogen-bond acceptors (Lipinski definition) is 4. The zero-order chi connectivity index (χ0) is 11.7. The summed E-state index contributed by atoms with van der Waals surface area (Å²) in [4.78, 5) is 4.20. The summed E-state index contributed by atoms with van der Waals surface area (Å²) in [5, 5.41) is 13.0. The third-order valence-corrected chi connectivity index (χ3v) is 2.26. The van der Waals surface area contributed by atoms with Crippen molar-refractivity contribution in [3.8, 4) is 11.8 Å². The SMILES string of the molecule is Cc1nc(C)n(-c2ccc(C#N)cc2N)n1. The number of aromatic nitrogens is 3. The van der Waals surface area contributed by atoms with Gasteiger partial charge in [0.15, 0.2) is 0 Å². The zero-order valence-corrected chi connectivity index (χ0v) is 9.10. The number of nitrogens with two attached hydrogens (primary N) is 1. The average molecular weight is 213 g/mol. The van der Waals surface area contributed by atoms with E-state index >= 15 is 0 Å². The number of nitrogen functional groups attached to an aromatic ring is 1. The average Bonchev–Trinajstić information content (AvgIpc) is 2.57. The molecular weight excluding hydrogens is 202 g/mol. The van der Waals surface area contributed by atoms with Crippen LogP contribution < -0.4 is 5.73 Å². The molecule has 16 heavy (non-hydrogen) atoms. The molecule has 2 N–H and O–H groups in total. The van der Waals surface area contributed by atoms with Crippen LogP contribution in [-0.2, 0) is 0 Å². The van der Waals surface area contributed by atoms with Crippen LogP contribution in [0.2, 0.25) is 0 Å². The lowest BCUT2D eigenvalue weighted by Crippen LogP contribution is -2.03. The molecule has 0 spiro atoms. The van der Waals surface area contributed by atoms with Gasteiger partial charge in [-0.3, -0.25) is 0 Å². The maximum absolute atomic E-state index is 8.74. The molecule has 0 fully saturated rings. The van der Waals surface area contributed by atoms with E-state index in [1.54, 1.807) is 22.9 Å². The maximum atomic E-state index is 8.74. The second kappa shape index (κ2) is 3.66. The fraction of sp³-hybridized carbons (Fsp3) is 0.182. The Labute approximate surface area is 93.1 Å². The van der Waals surface area contributed by atoms with Crippen molar-refractivity contribution in [3.05, 3.63) is 35.4 Å². The summed E-state index contributed by atoms with van der Waals surface area (Å²) < 4.78 is 1.67. The Morgan fingerprint density at radius 1 is 1.38 bits per heavy atom. The Kier molecular flexibility index (Phi) is 2.33. The van der Waals surface area contributed by atoms with Crippen LogP contribution in [0.25, 0.3) is 5.69 Å². The van der Waals surface area contributed by atoms with Crippen LogP contribution in [0, 0.1) is 25.2 Å². The van der Waals surface area contributed by atoms with Crippen LogP contribution in [0.5, 0.6) is 0 Å². The lowest BCUT2D eigenvalue weighted by atomic mass is 10.2. The van der Waals surface area contributed by atoms with Crippen molar-refractivity contribution in [2.75, 3.05) is 5.73 Å². The smallest absolute Gasteiger partial charge is 0.148 e. The summed E-state index contributed by atoms with van der Waals surface area (Å²) in [6.07, 6.45) is 0. The van der Waals surface area contributed by atoms with Crippen molar-refractivity contribution < 1.29 is 0 Å². The minimum absolute atomic E-state index is 0.520. The van der Waals surface area contributed by atoms with Crippen LogP contribution in [0.3, 0.4) is 0 Å². The highest BCUT2D eigenvalue weighted by Gasteiger charge is 2.08. The molecule has 80 valence electrons. The molecule has 0 amide bonds. The number of aryl methyl sites for hydroxylation is 2. The molecular formula is C11H11N5. The summed E-state index contributed by atoms with van der Waals surface area (Å²) in [6.45, 7) is 3.68. The zero-order valence-electron chi connectivity index (χ0n) is 9.10. The largest absolute Gasteiger partial charge is 0.397 e. The van der Waals surface area contributed by atoms with E-state index in [9.17, 15) is 0 Å². The van der Waals surface area contributed by atoms with Crippen molar-refractivity contribution in [2.45, 2.75) is 13.8 Å². The molecule has 1 heterocycles. The fourth-order valence-corrected chi connectivity index (χ4v) is 1.57. The summed E-state index contributed by atoms with van der Waals surface area (Å²) >= 11 is 0. The standard InChI is InChI=1S/C11H11N5/c1-7-14-8(2)16(15-7)11-4-3-9(6-12)5-10(11)13/h3-5H,13H2,1-2H3. The van der Waals surface area contributed by atoms with Gasteiger partial charge in [-0.1, -0.05) is 0 Å². The Balaban J connectivity index is 2.57. The first-order chi connectivity index (χ1) is 7.61. The molecule has 1 aromatic heterocycles. The number of hydrogen-bond donors (Lipinski definition) is 1. The van der Waals surface area contributed by atoms with Crippen LogP contribution in [0.15, 0.2) is 18.2 Å². The van der Waals surface area contributed by atoms with Gasteiger partial charge in [-0.2, -0.15) is 10.4 Å². The van der Waals surface area contributed by atoms with E-state index in [1.807, 2.05) is 19.9 Å². The monoisotopic (exact) mass is 213 g/mol. The van der Waals surface area contributed by atoms with Crippen LogP contribution >= 0.6 is 0 Å². The quantitative estimate of drug-likeness (QED) is 0.725. The van der Waals surface area contributed by atoms with Crippen molar-refractivity contribution in [3.63, 3.8) is 0 Å². The second-order valence-corrected chi connectivity index (χ2v) is 3.50. The van der Waals surface area contributed by atoms with Gasteiger partial charge in [0, 0.05) is 0 Å². The fourth-order valence-electron chi connectivity index (χ4n) is 1.57. The molecule has 5 heteroatoms. The molecule has 2 aromatic rings. The van der Waals surface area contributed by atoms with Gasteiger partial charge in [-0.05, 0) is 32.0 Å². The minimum Gasteiger partial charge on any atom is -0.397 e. The van der Waals surface area contributed by atoms with Gasteiger partial charge >= 0.3 is 0 Å². The Morgan fingerprint density at radius 2 is 2.12 bits per heavy atom. The number of nitrogens with zero attached hydrogens (tertiary/aromatic N) is 4. The topological polar surface area (TPSA) is 80.5 Å². The molecule has 0 aliphatic carbocycles. The molecule has 0 aliphatic rings. The highest BCUT2D eigenvalue weighted by atomic mass is 15.3. The van der Waals surface area contributed by atoms with E-state index in [0.29, 0.717) is 17.1 Å². The molecule has 0 aliphatic heterocycles. The Hall–Kier alpha value is -2.35.